The van der Waals surface area contributed by atoms with Crippen LogP contribution in [0.2, 0.25) is 0 Å². The first-order valence-electron chi connectivity index (χ1n) is 5.27. The third-order valence-electron chi connectivity index (χ3n) is 2.64. The third kappa shape index (κ3) is 1.95. The zero-order chi connectivity index (χ0) is 9.97. The molecule has 1 aliphatic rings. The number of rotatable bonds is 3. The summed E-state index contributed by atoms with van der Waals surface area (Å²) in [5.41, 5.74) is 0. The number of aromatic nitrogens is 2. The number of hydrogen-bond acceptors (Lipinski definition) is 4. The van der Waals surface area contributed by atoms with E-state index in [0.717, 1.165) is 25.3 Å². The van der Waals surface area contributed by atoms with Gasteiger partial charge in [0.15, 0.2) is 5.82 Å². The Morgan fingerprint density at radius 3 is 3.14 bits per heavy atom. The zero-order valence-corrected chi connectivity index (χ0v) is 8.81. The first kappa shape index (κ1) is 9.65. The van der Waals surface area contributed by atoms with Gasteiger partial charge >= 0.3 is 0 Å². The Bertz CT molecular complexity index is 271. The average molecular weight is 195 g/mol. The van der Waals surface area contributed by atoms with Crippen LogP contribution in [0.3, 0.4) is 0 Å². The van der Waals surface area contributed by atoms with Gasteiger partial charge in [0, 0.05) is 6.54 Å². The van der Waals surface area contributed by atoms with E-state index >= 15 is 0 Å². The predicted molar refractivity (Wildman–Crippen MR) is 52.7 cm³/mol. The smallest absolute Gasteiger partial charge is 0.213 e. The summed E-state index contributed by atoms with van der Waals surface area (Å²) in [5.74, 6) is 1.55. The Kier molecular flexibility index (Phi) is 2.82. The Hall–Kier alpha value is -0.900. The molecule has 0 aromatic carbocycles. The second-order valence-corrected chi connectivity index (χ2v) is 4.34. The molecule has 1 aromatic rings. The first-order chi connectivity index (χ1) is 6.77. The maximum absolute atomic E-state index is 4.79. The van der Waals surface area contributed by atoms with E-state index in [0.29, 0.717) is 12.0 Å². The minimum Gasteiger partial charge on any atom is -0.343 e. The van der Waals surface area contributed by atoms with Crippen LogP contribution in [0.4, 0.5) is 0 Å². The standard InChI is InChI=1S/C10H17N3O/c1-8(2)6-13-5-3-4-9(13)10-11-7-14-12-10/h7-9H,3-6H2,1-2H3/t9-/m0/s1. The van der Waals surface area contributed by atoms with Crippen molar-refractivity contribution in [2.75, 3.05) is 13.1 Å². The molecule has 1 aliphatic heterocycles. The van der Waals surface area contributed by atoms with Gasteiger partial charge in [-0.2, -0.15) is 4.98 Å². The molecule has 0 bridgehead atoms. The van der Waals surface area contributed by atoms with Gasteiger partial charge in [0.05, 0.1) is 6.04 Å². The Balaban J connectivity index is 2.04. The monoisotopic (exact) mass is 195 g/mol. The van der Waals surface area contributed by atoms with Crippen molar-refractivity contribution in [2.24, 2.45) is 5.92 Å². The highest BCUT2D eigenvalue weighted by molar-refractivity contribution is 4.95. The molecular formula is C10H17N3O. The molecule has 1 atom stereocenters. The highest BCUT2D eigenvalue weighted by Crippen LogP contribution is 2.29. The molecule has 0 amide bonds. The van der Waals surface area contributed by atoms with Gasteiger partial charge < -0.3 is 4.52 Å². The normalized spacial score (nSPS) is 23.5. The van der Waals surface area contributed by atoms with Crippen LogP contribution in [-0.2, 0) is 0 Å². The summed E-state index contributed by atoms with van der Waals surface area (Å²) in [5, 5.41) is 3.93. The molecule has 2 rings (SSSR count). The van der Waals surface area contributed by atoms with E-state index < -0.39 is 0 Å². The molecule has 14 heavy (non-hydrogen) atoms. The Morgan fingerprint density at radius 1 is 1.64 bits per heavy atom. The summed E-state index contributed by atoms with van der Waals surface area (Å²) in [4.78, 5) is 6.59. The lowest BCUT2D eigenvalue weighted by molar-refractivity contribution is 0.217. The summed E-state index contributed by atoms with van der Waals surface area (Å²) in [6.07, 6.45) is 3.82. The molecular weight excluding hydrogens is 178 g/mol. The molecule has 4 heteroatoms. The molecule has 4 nitrogen and oxygen atoms in total. The average Bonchev–Trinajstić information content (AvgIpc) is 2.70. The molecule has 0 unspecified atom stereocenters. The van der Waals surface area contributed by atoms with E-state index in [1.165, 1.54) is 12.8 Å². The topological polar surface area (TPSA) is 42.2 Å². The van der Waals surface area contributed by atoms with E-state index in [1.807, 2.05) is 0 Å². The van der Waals surface area contributed by atoms with Crippen LogP contribution in [0.1, 0.15) is 38.6 Å². The SMILES string of the molecule is CC(C)CN1CCC[C@H]1c1ncon1. The Labute approximate surface area is 84.3 Å². The van der Waals surface area contributed by atoms with Crippen molar-refractivity contribution in [3.63, 3.8) is 0 Å². The first-order valence-corrected chi connectivity index (χ1v) is 5.27. The largest absolute Gasteiger partial charge is 0.343 e. The molecule has 1 saturated heterocycles. The van der Waals surface area contributed by atoms with Crippen LogP contribution in [0.15, 0.2) is 10.9 Å². The lowest BCUT2D eigenvalue weighted by Gasteiger charge is -2.23. The quantitative estimate of drug-likeness (QED) is 0.738. The van der Waals surface area contributed by atoms with Gasteiger partial charge in [-0.3, -0.25) is 4.90 Å². The number of nitrogens with zero attached hydrogens (tertiary/aromatic N) is 3. The van der Waals surface area contributed by atoms with Crippen molar-refractivity contribution >= 4 is 0 Å². The maximum Gasteiger partial charge on any atom is 0.213 e. The molecule has 0 N–H and O–H groups in total. The summed E-state index contributed by atoms with van der Waals surface area (Å²) < 4.78 is 4.79. The van der Waals surface area contributed by atoms with Crippen molar-refractivity contribution in [1.82, 2.24) is 15.0 Å². The number of hydrogen-bond donors (Lipinski definition) is 0. The fraction of sp³-hybridized carbons (Fsp3) is 0.800. The van der Waals surface area contributed by atoms with Crippen LogP contribution in [0.5, 0.6) is 0 Å². The molecule has 1 aromatic heterocycles. The van der Waals surface area contributed by atoms with Gasteiger partial charge in [0.1, 0.15) is 0 Å². The lowest BCUT2D eigenvalue weighted by Crippen LogP contribution is -2.27. The molecule has 0 aliphatic carbocycles. The Morgan fingerprint density at radius 2 is 2.50 bits per heavy atom. The predicted octanol–water partition coefficient (Wildman–Crippen LogP) is 1.86. The van der Waals surface area contributed by atoms with Crippen molar-refractivity contribution in [3.8, 4) is 0 Å². The van der Waals surface area contributed by atoms with Crippen molar-refractivity contribution in [1.29, 1.82) is 0 Å². The minimum atomic E-state index is 0.385. The lowest BCUT2D eigenvalue weighted by atomic mass is 10.1. The summed E-state index contributed by atoms with van der Waals surface area (Å²) in [6, 6.07) is 0.385. The van der Waals surface area contributed by atoms with E-state index in [2.05, 4.69) is 28.9 Å². The highest BCUT2D eigenvalue weighted by atomic mass is 16.5. The maximum atomic E-state index is 4.79. The van der Waals surface area contributed by atoms with Crippen LogP contribution >= 0.6 is 0 Å². The van der Waals surface area contributed by atoms with Crippen molar-refractivity contribution in [2.45, 2.75) is 32.7 Å². The van der Waals surface area contributed by atoms with Gasteiger partial charge in [-0.05, 0) is 25.3 Å². The van der Waals surface area contributed by atoms with Crippen LogP contribution in [0.25, 0.3) is 0 Å². The fourth-order valence-corrected chi connectivity index (χ4v) is 2.13. The molecule has 0 spiro atoms. The van der Waals surface area contributed by atoms with Crippen LogP contribution in [0, 0.1) is 5.92 Å². The molecule has 78 valence electrons. The van der Waals surface area contributed by atoms with Crippen LogP contribution < -0.4 is 0 Å². The second kappa shape index (κ2) is 4.09. The minimum absolute atomic E-state index is 0.385. The zero-order valence-electron chi connectivity index (χ0n) is 8.81. The summed E-state index contributed by atoms with van der Waals surface area (Å²) in [7, 11) is 0. The van der Waals surface area contributed by atoms with Crippen molar-refractivity contribution in [3.05, 3.63) is 12.2 Å². The molecule has 0 saturated carbocycles. The van der Waals surface area contributed by atoms with E-state index in [1.54, 1.807) is 0 Å². The van der Waals surface area contributed by atoms with Gasteiger partial charge in [0.25, 0.3) is 0 Å². The van der Waals surface area contributed by atoms with Gasteiger partial charge in [-0.25, -0.2) is 0 Å². The van der Waals surface area contributed by atoms with Gasteiger partial charge in [-0.15, -0.1) is 0 Å². The second-order valence-electron chi connectivity index (χ2n) is 4.34. The third-order valence-corrected chi connectivity index (χ3v) is 2.64. The molecule has 0 radical (unpaired) electrons. The highest BCUT2D eigenvalue weighted by Gasteiger charge is 2.29. The van der Waals surface area contributed by atoms with Crippen molar-refractivity contribution < 1.29 is 4.52 Å². The van der Waals surface area contributed by atoms with E-state index in [4.69, 9.17) is 4.52 Å². The number of likely N-dealkylation sites (tertiary alicyclic amines) is 1. The summed E-state index contributed by atoms with van der Waals surface area (Å²) in [6.45, 7) is 6.77. The van der Waals surface area contributed by atoms with Gasteiger partial charge in [-0.1, -0.05) is 19.0 Å². The fourth-order valence-electron chi connectivity index (χ4n) is 2.13. The van der Waals surface area contributed by atoms with E-state index in [-0.39, 0.29) is 0 Å². The summed E-state index contributed by atoms with van der Waals surface area (Å²) >= 11 is 0. The van der Waals surface area contributed by atoms with Crippen LogP contribution in [-0.4, -0.2) is 28.1 Å². The van der Waals surface area contributed by atoms with E-state index in [9.17, 15) is 0 Å². The molecule has 1 fully saturated rings. The van der Waals surface area contributed by atoms with Gasteiger partial charge in [0.2, 0.25) is 6.39 Å². The molecule has 2 heterocycles.